The summed E-state index contributed by atoms with van der Waals surface area (Å²) in [6.45, 7) is 5.23. The minimum absolute atomic E-state index is 0.305. The van der Waals surface area contributed by atoms with Gasteiger partial charge >= 0.3 is 0 Å². The largest absolute Gasteiger partial charge is 0.348 e. The molecule has 0 aliphatic rings. The number of benzene rings is 1. The van der Waals surface area contributed by atoms with E-state index in [0.717, 1.165) is 0 Å². The molecule has 0 saturated carbocycles. The Kier molecular flexibility index (Phi) is 4.84. The van der Waals surface area contributed by atoms with Gasteiger partial charge < -0.3 is 11.1 Å². The molecule has 1 amide bonds. The average Bonchev–Trinajstić information content (AvgIpc) is 2.29. The van der Waals surface area contributed by atoms with E-state index in [2.05, 4.69) is 11.9 Å². The van der Waals surface area contributed by atoms with Crippen LogP contribution in [0.15, 0.2) is 36.9 Å². The molecule has 0 aromatic heterocycles. The molecule has 1 rings (SSSR count). The monoisotopic (exact) mass is 236 g/mol. The third-order valence-corrected chi connectivity index (χ3v) is 2.49. The molecule has 0 bridgehead atoms. The van der Waals surface area contributed by atoms with Crippen LogP contribution in [0.4, 0.5) is 4.39 Å². The quantitative estimate of drug-likeness (QED) is 0.767. The fourth-order valence-corrected chi connectivity index (χ4v) is 1.51. The lowest BCUT2D eigenvalue weighted by molar-refractivity contribution is -0.122. The van der Waals surface area contributed by atoms with E-state index in [1.165, 1.54) is 6.07 Å². The number of halogens is 1. The van der Waals surface area contributed by atoms with Gasteiger partial charge in [0, 0.05) is 5.56 Å². The molecule has 4 heteroatoms. The Balaban J connectivity index is 2.66. The molecule has 92 valence electrons. The van der Waals surface area contributed by atoms with E-state index in [0.29, 0.717) is 12.0 Å². The fourth-order valence-electron chi connectivity index (χ4n) is 1.51. The van der Waals surface area contributed by atoms with Crippen molar-refractivity contribution < 1.29 is 9.18 Å². The molecule has 0 spiro atoms. The van der Waals surface area contributed by atoms with Gasteiger partial charge in [0.05, 0.1) is 12.1 Å². The summed E-state index contributed by atoms with van der Waals surface area (Å²) in [4.78, 5) is 11.6. The molecule has 3 N–H and O–H groups in total. The van der Waals surface area contributed by atoms with Gasteiger partial charge in [0.2, 0.25) is 5.91 Å². The summed E-state index contributed by atoms with van der Waals surface area (Å²) < 4.78 is 13.4. The van der Waals surface area contributed by atoms with Crippen LogP contribution < -0.4 is 11.1 Å². The van der Waals surface area contributed by atoms with Gasteiger partial charge in [-0.05, 0) is 19.4 Å². The second-order valence-corrected chi connectivity index (χ2v) is 3.88. The van der Waals surface area contributed by atoms with Crippen LogP contribution in [-0.2, 0) is 4.79 Å². The minimum atomic E-state index is -0.637. The lowest BCUT2D eigenvalue weighted by Crippen LogP contribution is -2.41. The number of carbonyl (C=O) groups is 1. The van der Waals surface area contributed by atoms with Crippen LogP contribution in [0.3, 0.4) is 0 Å². The molecule has 0 aliphatic carbocycles. The van der Waals surface area contributed by atoms with Crippen molar-refractivity contribution in [2.75, 3.05) is 0 Å². The Morgan fingerprint density at radius 1 is 1.59 bits per heavy atom. The van der Waals surface area contributed by atoms with Crippen LogP contribution in [0, 0.1) is 5.82 Å². The molecule has 0 heterocycles. The maximum atomic E-state index is 13.4. The second kappa shape index (κ2) is 6.15. The van der Waals surface area contributed by atoms with Crippen LogP contribution in [0.1, 0.15) is 24.9 Å². The van der Waals surface area contributed by atoms with E-state index in [1.54, 1.807) is 31.2 Å². The number of carbonyl (C=O) groups excluding carboxylic acids is 1. The second-order valence-electron chi connectivity index (χ2n) is 3.88. The first-order chi connectivity index (χ1) is 8.06. The molecule has 0 saturated heterocycles. The topological polar surface area (TPSA) is 55.1 Å². The predicted molar refractivity (Wildman–Crippen MR) is 65.7 cm³/mol. The summed E-state index contributed by atoms with van der Waals surface area (Å²) in [6, 6.07) is 5.30. The number of nitrogens with one attached hydrogen (secondary N) is 1. The Labute approximate surface area is 101 Å². The number of amides is 1. The van der Waals surface area contributed by atoms with E-state index >= 15 is 0 Å². The zero-order chi connectivity index (χ0) is 12.8. The molecule has 0 radical (unpaired) electrons. The lowest BCUT2D eigenvalue weighted by Gasteiger charge is -2.17. The van der Waals surface area contributed by atoms with Gasteiger partial charge in [0.1, 0.15) is 5.82 Å². The summed E-state index contributed by atoms with van der Waals surface area (Å²) in [5.41, 5.74) is 6.07. The van der Waals surface area contributed by atoms with E-state index in [1.807, 2.05) is 0 Å². The summed E-state index contributed by atoms with van der Waals surface area (Å²) in [5, 5.41) is 2.67. The summed E-state index contributed by atoms with van der Waals surface area (Å²) in [7, 11) is 0. The summed E-state index contributed by atoms with van der Waals surface area (Å²) in [6.07, 6.45) is 1.98. The number of rotatable bonds is 5. The third kappa shape index (κ3) is 3.67. The van der Waals surface area contributed by atoms with Crippen molar-refractivity contribution >= 4 is 5.91 Å². The minimum Gasteiger partial charge on any atom is -0.348 e. The zero-order valence-corrected chi connectivity index (χ0v) is 9.82. The molecule has 1 aromatic rings. The first-order valence-electron chi connectivity index (χ1n) is 5.47. The highest BCUT2D eigenvalue weighted by Crippen LogP contribution is 2.15. The average molecular weight is 236 g/mol. The Hall–Kier alpha value is -1.68. The van der Waals surface area contributed by atoms with Gasteiger partial charge in [0.25, 0.3) is 0 Å². The predicted octanol–water partition coefficient (Wildman–Crippen LogP) is 1.91. The van der Waals surface area contributed by atoms with E-state index < -0.39 is 12.1 Å². The zero-order valence-electron chi connectivity index (χ0n) is 9.82. The van der Waals surface area contributed by atoms with E-state index in [9.17, 15) is 9.18 Å². The first-order valence-corrected chi connectivity index (χ1v) is 5.47. The molecular formula is C13H17FN2O. The maximum absolute atomic E-state index is 13.4. The Morgan fingerprint density at radius 2 is 2.24 bits per heavy atom. The van der Waals surface area contributed by atoms with Crippen molar-refractivity contribution in [3.63, 3.8) is 0 Å². The van der Waals surface area contributed by atoms with Crippen molar-refractivity contribution in [2.24, 2.45) is 5.73 Å². The van der Waals surface area contributed by atoms with Crippen molar-refractivity contribution in [3.05, 3.63) is 48.3 Å². The Morgan fingerprint density at radius 3 is 2.82 bits per heavy atom. The normalized spacial score (nSPS) is 13.8. The van der Waals surface area contributed by atoms with Crippen LogP contribution in [0.2, 0.25) is 0 Å². The summed E-state index contributed by atoms with van der Waals surface area (Å²) in [5.74, 6) is -0.641. The van der Waals surface area contributed by atoms with Gasteiger partial charge in [-0.3, -0.25) is 4.79 Å². The van der Waals surface area contributed by atoms with Crippen molar-refractivity contribution in [1.82, 2.24) is 5.32 Å². The van der Waals surface area contributed by atoms with Gasteiger partial charge in [-0.25, -0.2) is 4.39 Å². The lowest BCUT2D eigenvalue weighted by atomic mass is 10.1. The smallest absolute Gasteiger partial charge is 0.237 e. The molecule has 0 aliphatic heterocycles. The van der Waals surface area contributed by atoms with Crippen LogP contribution in [-0.4, -0.2) is 11.9 Å². The van der Waals surface area contributed by atoms with Crippen molar-refractivity contribution in [1.29, 1.82) is 0 Å². The van der Waals surface area contributed by atoms with Gasteiger partial charge in [-0.1, -0.05) is 24.3 Å². The SMILES string of the molecule is C=CCC(N)C(=O)NC(C)c1ccccc1F. The third-order valence-electron chi connectivity index (χ3n) is 2.49. The standard InChI is InChI=1S/C13H17FN2O/c1-3-6-12(15)13(17)16-9(2)10-7-4-5-8-11(10)14/h3-5,7-9,12H,1,6,15H2,2H3,(H,16,17). The van der Waals surface area contributed by atoms with Crippen LogP contribution >= 0.6 is 0 Å². The number of nitrogens with two attached hydrogens (primary N) is 1. The van der Waals surface area contributed by atoms with Gasteiger partial charge in [0.15, 0.2) is 0 Å². The highest BCUT2D eigenvalue weighted by atomic mass is 19.1. The van der Waals surface area contributed by atoms with Crippen LogP contribution in [0.25, 0.3) is 0 Å². The molecule has 1 aromatic carbocycles. The highest BCUT2D eigenvalue weighted by molar-refractivity contribution is 5.82. The van der Waals surface area contributed by atoms with Gasteiger partial charge in [-0.2, -0.15) is 0 Å². The molecule has 17 heavy (non-hydrogen) atoms. The molecular weight excluding hydrogens is 219 g/mol. The first kappa shape index (κ1) is 13.4. The highest BCUT2D eigenvalue weighted by Gasteiger charge is 2.17. The number of hydrogen-bond donors (Lipinski definition) is 2. The van der Waals surface area contributed by atoms with E-state index in [4.69, 9.17) is 5.73 Å². The van der Waals surface area contributed by atoms with Gasteiger partial charge in [-0.15, -0.1) is 6.58 Å². The maximum Gasteiger partial charge on any atom is 0.237 e. The van der Waals surface area contributed by atoms with Crippen LogP contribution in [0.5, 0.6) is 0 Å². The fraction of sp³-hybridized carbons (Fsp3) is 0.308. The molecule has 3 nitrogen and oxygen atoms in total. The molecule has 0 fully saturated rings. The van der Waals surface area contributed by atoms with Crippen molar-refractivity contribution in [2.45, 2.75) is 25.4 Å². The van der Waals surface area contributed by atoms with E-state index in [-0.39, 0.29) is 11.7 Å². The summed E-state index contributed by atoms with van der Waals surface area (Å²) >= 11 is 0. The molecule has 2 atom stereocenters. The van der Waals surface area contributed by atoms with Crippen molar-refractivity contribution in [3.8, 4) is 0 Å². The Bertz CT molecular complexity index is 406. The molecule has 2 unspecified atom stereocenters. The number of hydrogen-bond acceptors (Lipinski definition) is 2.